The smallest absolute Gasteiger partial charge is 0.322 e. The number of hydrogen-bond acceptors (Lipinski definition) is 5. The van der Waals surface area contributed by atoms with Crippen molar-refractivity contribution in [3.8, 4) is 11.5 Å². The molecule has 5 rings (SSSR count). The number of para-hydroxylation sites is 1. The fourth-order valence-corrected chi connectivity index (χ4v) is 6.47. The Balaban J connectivity index is 1.38. The number of sulfonamides is 1. The van der Waals surface area contributed by atoms with Crippen molar-refractivity contribution >= 4 is 26.8 Å². The van der Waals surface area contributed by atoms with Crippen LogP contribution < -0.4 is 9.47 Å². The lowest BCUT2D eigenvalue weighted by molar-refractivity contribution is -0.140. The average molecular weight is 482 g/mol. The largest absolute Gasteiger partial charge is 0.490 e. The van der Waals surface area contributed by atoms with E-state index in [2.05, 4.69) is 0 Å². The molecule has 3 aromatic carbocycles. The van der Waals surface area contributed by atoms with Crippen LogP contribution in [0.3, 0.4) is 0 Å². The molecule has 0 spiro atoms. The first kappa shape index (κ1) is 22.7. The zero-order chi connectivity index (χ0) is 23.7. The number of carboxylic acids is 1. The van der Waals surface area contributed by atoms with Crippen LogP contribution in [0, 0.1) is 0 Å². The summed E-state index contributed by atoms with van der Waals surface area (Å²) in [5.41, 5.74) is 0. The Kier molecular flexibility index (Phi) is 6.18. The van der Waals surface area contributed by atoms with Gasteiger partial charge in [0.15, 0.2) is 0 Å². The highest BCUT2D eigenvalue weighted by molar-refractivity contribution is 7.89. The standard InChI is InChI=1S/C26H27NO6S/c28-26(29)25-16-23(33-21-6-2-1-3-7-21)17-27(25)34(30,31)24-13-11-18-14-22(12-10-19(18)15-24)32-20-8-4-5-9-20/h1-3,6-7,10-15,20,23,25H,4-5,8-9,16-17H2,(H,28,29)/t23-,25-/m0/s1. The number of aliphatic carboxylic acids is 1. The molecule has 1 saturated heterocycles. The molecule has 7 nitrogen and oxygen atoms in total. The molecule has 1 aliphatic carbocycles. The number of carboxylic acid groups (broad SMARTS) is 1. The summed E-state index contributed by atoms with van der Waals surface area (Å²) in [6.45, 7) is -0.0274. The lowest BCUT2D eigenvalue weighted by Gasteiger charge is -2.21. The molecule has 3 aromatic rings. The van der Waals surface area contributed by atoms with E-state index in [0.29, 0.717) is 5.75 Å². The zero-order valence-corrected chi connectivity index (χ0v) is 19.5. The minimum Gasteiger partial charge on any atom is -0.490 e. The number of fused-ring (bicyclic) bond motifs is 1. The summed E-state index contributed by atoms with van der Waals surface area (Å²) in [5.74, 6) is 0.177. The molecule has 0 radical (unpaired) electrons. The number of hydrogen-bond donors (Lipinski definition) is 1. The Morgan fingerprint density at radius 1 is 0.853 bits per heavy atom. The van der Waals surface area contributed by atoms with Crippen LogP contribution in [0.5, 0.6) is 11.5 Å². The quantitative estimate of drug-likeness (QED) is 0.536. The van der Waals surface area contributed by atoms with Gasteiger partial charge in [-0.2, -0.15) is 4.31 Å². The van der Waals surface area contributed by atoms with Crippen LogP contribution in [0.4, 0.5) is 0 Å². The molecule has 1 N–H and O–H groups in total. The van der Waals surface area contributed by atoms with Gasteiger partial charge in [-0.05, 0) is 72.9 Å². The monoisotopic (exact) mass is 481 g/mol. The molecule has 0 amide bonds. The molecule has 0 aromatic heterocycles. The maximum absolute atomic E-state index is 13.5. The van der Waals surface area contributed by atoms with Crippen molar-refractivity contribution in [2.45, 2.75) is 55.2 Å². The van der Waals surface area contributed by atoms with E-state index in [-0.39, 0.29) is 24.0 Å². The van der Waals surface area contributed by atoms with Gasteiger partial charge in [-0.25, -0.2) is 8.42 Å². The van der Waals surface area contributed by atoms with Crippen molar-refractivity contribution in [1.82, 2.24) is 4.31 Å². The van der Waals surface area contributed by atoms with Crippen LogP contribution in [0.25, 0.3) is 10.8 Å². The third-order valence-electron chi connectivity index (χ3n) is 6.54. The molecule has 2 atom stereocenters. The Labute approximate surface area is 199 Å². The van der Waals surface area contributed by atoms with E-state index in [1.165, 1.54) is 18.9 Å². The summed E-state index contributed by atoms with van der Waals surface area (Å²) >= 11 is 0. The number of benzene rings is 3. The fourth-order valence-electron chi connectivity index (χ4n) is 4.81. The highest BCUT2D eigenvalue weighted by Crippen LogP contribution is 2.32. The highest BCUT2D eigenvalue weighted by atomic mass is 32.2. The van der Waals surface area contributed by atoms with Crippen molar-refractivity contribution in [2.75, 3.05) is 6.54 Å². The first-order chi connectivity index (χ1) is 16.4. The second kappa shape index (κ2) is 9.27. The number of ether oxygens (including phenoxy) is 2. The van der Waals surface area contributed by atoms with Gasteiger partial charge in [-0.1, -0.05) is 30.3 Å². The third-order valence-corrected chi connectivity index (χ3v) is 8.41. The lowest BCUT2D eigenvalue weighted by Crippen LogP contribution is -2.40. The second-order valence-electron chi connectivity index (χ2n) is 8.91. The Bertz CT molecular complexity index is 1290. The Morgan fingerprint density at radius 2 is 1.53 bits per heavy atom. The first-order valence-corrected chi connectivity index (χ1v) is 13.0. The third kappa shape index (κ3) is 4.60. The van der Waals surface area contributed by atoms with Crippen molar-refractivity contribution in [3.05, 3.63) is 66.7 Å². The number of rotatable bonds is 7. The summed E-state index contributed by atoms with van der Waals surface area (Å²) in [7, 11) is -4.04. The summed E-state index contributed by atoms with van der Waals surface area (Å²) in [5, 5.41) is 11.3. The molecule has 1 aliphatic heterocycles. The van der Waals surface area contributed by atoms with Crippen molar-refractivity contribution in [3.63, 3.8) is 0 Å². The highest BCUT2D eigenvalue weighted by Gasteiger charge is 2.45. The van der Waals surface area contributed by atoms with Gasteiger partial charge in [0, 0.05) is 6.42 Å². The molecule has 0 unspecified atom stereocenters. The van der Waals surface area contributed by atoms with E-state index < -0.39 is 28.1 Å². The predicted molar refractivity (Wildman–Crippen MR) is 128 cm³/mol. The summed E-state index contributed by atoms with van der Waals surface area (Å²) in [6, 6.07) is 18.3. The van der Waals surface area contributed by atoms with E-state index in [0.717, 1.165) is 33.7 Å². The van der Waals surface area contributed by atoms with Gasteiger partial charge in [0.1, 0.15) is 23.6 Å². The SMILES string of the molecule is O=C(O)[C@@H]1C[C@H](Oc2ccccc2)CN1S(=O)(=O)c1ccc2cc(OC3CCCC3)ccc2c1. The minimum atomic E-state index is -4.04. The summed E-state index contributed by atoms with van der Waals surface area (Å²) in [6.07, 6.45) is 4.27. The number of carbonyl (C=O) groups is 1. The van der Waals surface area contributed by atoms with Gasteiger partial charge in [0.25, 0.3) is 0 Å². The maximum Gasteiger partial charge on any atom is 0.322 e. The van der Waals surface area contributed by atoms with E-state index in [9.17, 15) is 18.3 Å². The summed E-state index contributed by atoms with van der Waals surface area (Å²) in [4.78, 5) is 12.0. The van der Waals surface area contributed by atoms with Crippen molar-refractivity contribution in [2.24, 2.45) is 0 Å². The molecular weight excluding hydrogens is 454 g/mol. The van der Waals surface area contributed by atoms with E-state index in [1.54, 1.807) is 24.3 Å². The average Bonchev–Trinajstić information content (AvgIpc) is 3.50. The van der Waals surface area contributed by atoms with Crippen LogP contribution in [0.15, 0.2) is 71.6 Å². The van der Waals surface area contributed by atoms with Crippen LogP contribution in [0.2, 0.25) is 0 Å². The Hall–Kier alpha value is -3.10. The molecule has 178 valence electrons. The summed E-state index contributed by atoms with van der Waals surface area (Å²) < 4.78 is 39.9. The molecule has 2 aliphatic rings. The zero-order valence-electron chi connectivity index (χ0n) is 18.7. The van der Waals surface area contributed by atoms with Gasteiger partial charge in [-0.3, -0.25) is 4.79 Å². The van der Waals surface area contributed by atoms with Crippen LogP contribution >= 0.6 is 0 Å². The molecule has 2 fully saturated rings. The first-order valence-electron chi connectivity index (χ1n) is 11.6. The Morgan fingerprint density at radius 3 is 2.26 bits per heavy atom. The molecular formula is C26H27NO6S. The topological polar surface area (TPSA) is 93.1 Å². The normalized spacial score (nSPS) is 21.6. The van der Waals surface area contributed by atoms with Gasteiger partial charge in [-0.15, -0.1) is 0 Å². The molecule has 8 heteroatoms. The predicted octanol–water partition coefficient (Wildman–Crippen LogP) is 4.46. The van der Waals surface area contributed by atoms with E-state index in [1.807, 2.05) is 36.4 Å². The van der Waals surface area contributed by atoms with Crippen LogP contribution in [-0.2, 0) is 14.8 Å². The van der Waals surface area contributed by atoms with Crippen LogP contribution in [0.1, 0.15) is 32.1 Å². The number of nitrogens with zero attached hydrogens (tertiary/aromatic N) is 1. The molecule has 0 bridgehead atoms. The van der Waals surface area contributed by atoms with Gasteiger partial charge in [0.2, 0.25) is 10.0 Å². The van der Waals surface area contributed by atoms with Crippen molar-refractivity contribution in [1.29, 1.82) is 0 Å². The fraction of sp³-hybridized carbons (Fsp3) is 0.346. The van der Waals surface area contributed by atoms with Crippen LogP contribution in [-0.4, -0.2) is 48.6 Å². The lowest BCUT2D eigenvalue weighted by atomic mass is 10.1. The minimum absolute atomic E-state index is 0.0274. The van der Waals surface area contributed by atoms with Gasteiger partial charge >= 0.3 is 5.97 Å². The van der Waals surface area contributed by atoms with Crippen molar-refractivity contribution < 1.29 is 27.8 Å². The van der Waals surface area contributed by atoms with Gasteiger partial charge in [0.05, 0.1) is 17.5 Å². The van der Waals surface area contributed by atoms with Gasteiger partial charge < -0.3 is 14.6 Å². The van der Waals surface area contributed by atoms with E-state index in [4.69, 9.17) is 9.47 Å². The molecule has 1 saturated carbocycles. The molecule has 34 heavy (non-hydrogen) atoms. The molecule has 1 heterocycles. The van der Waals surface area contributed by atoms with E-state index >= 15 is 0 Å². The maximum atomic E-state index is 13.5. The second-order valence-corrected chi connectivity index (χ2v) is 10.8.